The zero-order valence-electron chi connectivity index (χ0n) is 9.71. The first-order valence-corrected chi connectivity index (χ1v) is 6.54. The summed E-state index contributed by atoms with van der Waals surface area (Å²) in [7, 11) is 0. The van der Waals surface area contributed by atoms with E-state index >= 15 is 0 Å². The first-order valence-electron chi connectivity index (χ1n) is 5.72. The highest BCUT2D eigenvalue weighted by Gasteiger charge is 2.04. The Morgan fingerprint density at radius 3 is 2.61 bits per heavy atom. The Labute approximate surface area is 109 Å². The van der Waals surface area contributed by atoms with Crippen molar-refractivity contribution in [3.63, 3.8) is 0 Å². The molecule has 0 saturated heterocycles. The maximum atomic E-state index is 5.68. The van der Waals surface area contributed by atoms with Crippen molar-refractivity contribution in [1.82, 2.24) is 0 Å². The first-order chi connectivity index (χ1) is 8.92. The van der Waals surface area contributed by atoms with Gasteiger partial charge in [0.05, 0.1) is 6.26 Å². The summed E-state index contributed by atoms with van der Waals surface area (Å²) in [6, 6.07) is 18.1. The third kappa shape index (κ3) is 2.46. The minimum Gasteiger partial charge on any atom is -0.476 e. The minimum atomic E-state index is 0.474. The Morgan fingerprint density at radius 2 is 1.83 bits per heavy atom. The molecule has 0 aliphatic heterocycles. The molecule has 0 atom stereocenters. The van der Waals surface area contributed by atoms with Gasteiger partial charge in [-0.05, 0) is 29.8 Å². The van der Waals surface area contributed by atoms with Crippen molar-refractivity contribution >= 4 is 11.3 Å². The van der Waals surface area contributed by atoms with Gasteiger partial charge in [0, 0.05) is 4.88 Å². The number of rotatable bonds is 4. The average molecular weight is 256 g/mol. The lowest BCUT2D eigenvalue weighted by molar-refractivity contribution is 0.278. The van der Waals surface area contributed by atoms with Crippen LogP contribution in [0.3, 0.4) is 0 Å². The maximum Gasteiger partial charge on any atom is 0.175 e. The van der Waals surface area contributed by atoms with Crippen LogP contribution in [-0.2, 0) is 6.61 Å². The van der Waals surface area contributed by atoms with E-state index in [1.165, 1.54) is 10.4 Å². The van der Waals surface area contributed by atoms with Gasteiger partial charge in [0.25, 0.3) is 0 Å². The van der Waals surface area contributed by atoms with Crippen LogP contribution in [0.1, 0.15) is 5.76 Å². The SMILES string of the molecule is c1ccc(-c2ccc(OCc3ccco3)s2)cc1. The second-order valence-electron chi connectivity index (χ2n) is 3.85. The molecule has 1 aromatic carbocycles. The number of hydrogen-bond acceptors (Lipinski definition) is 3. The molecule has 3 heteroatoms. The van der Waals surface area contributed by atoms with Crippen molar-refractivity contribution in [1.29, 1.82) is 0 Å². The highest BCUT2D eigenvalue weighted by molar-refractivity contribution is 7.17. The van der Waals surface area contributed by atoms with Crippen molar-refractivity contribution in [2.24, 2.45) is 0 Å². The summed E-state index contributed by atoms with van der Waals surface area (Å²) in [5.74, 6) is 0.838. The van der Waals surface area contributed by atoms with Crippen LogP contribution in [0.25, 0.3) is 10.4 Å². The lowest BCUT2D eigenvalue weighted by Crippen LogP contribution is -1.90. The summed E-state index contributed by atoms with van der Waals surface area (Å²) >= 11 is 1.64. The van der Waals surface area contributed by atoms with Gasteiger partial charge in [-0.3, -0.25) is 0 Å². The fourth-order valence-electron chi connectivity index (χ4n) is 1.69. The largest absolute Gasteiger partial charge is 0.476 e. The summed E-state index contributed by atoms with van der Waals surface area (Å²) in [5.41, 5.74) is 1.22. The molecule has 0 unspecified atom stereocenters. The second-order valence-corrected chi connectivity index (χ2v) is 4.90. The Balaban J connectivity index is 1.70. The molecule has 0 amide bonds. The molecule has 0 aliphatic rings. The molecule has 0 spiro atoms. The second kappa shape index (κ2) is 5.10. The zero-order chi connectivity index (χ0) is 12.2. The van der Waals surface area contributed by atoms with Crippen LogP contribution in [0.15, 0.2) is 65.3 Å². The minimum absolute atomic E-state index is 0.474. The Kier molecular flexibility index (Phi) is 3.15. The number of benzene rings is 1. The Bertz CT molecular complexity index is 596. The lowest BCUT2D eigenvalue weighted by Gasteiger charge is -1.99. The molecular formula is C15H12O2S. The molecule has 0 radical (unpaired) electrons. The van der Waals surface area contributed by atoms with Crippen LogP contribution < -0.4 is 4.74 Å². The summed E-state index contributed by atoms with van der Waals surface area (Å²) in [6.07, 6.45) is 1.66. The first kappa shape index (κ1) is 11.1. The van der Waals surface area contributed by atoms with Gasteiger partial charge in [0.1, 0.15) is 12.4 Å². The maximum absolute atomic E-state index is 5.68. The van der Waals surface area contributed by atoms with Crippen molar-refractivity contribution < 1.29 is 9.15 Å². The molecule has 0 saturated carbocycles. The summed E-state index contributed by atoms with van der Waals surface area (Å²) in [4.78, 5) is 1.21. The molecule has 2 aromatic heterocycles. The lowest BCUT2D eigenvalue weighted by atomic mass is 10.2. The molecule has 0 fully saturated rings. The number of hydrogen-bond donors (Lipinski definition) is 0. The van der Waals surface area contributed by atoms with Gasteiger partial charge in [-0.2, -0.15) is 0 Å². The van der Waals surface area contributed by atoms with E-state index in [4.69, 9.17) is 9.15 Å². The summed E-state index contributed by atoms with van der Waals surface area (Å²) < 4.78 is 10.9. The molecule has 0 aliphatic carbocycles. The van der Waals surface area contributed by atoms with Gasteiger partial charge in [0.15, 0.2) is 5.06 Å². The number of ether oxygens (including phenoxy) is 1. The Hall–Kier alpha value is -2.00. The van der Waals surface area contributed by atoms with Gasteiger partial charge in [-0.25, -0.2) is 0 Å². The van der Waals surface area contributed by atoms with Gasteiger partial charge in [-0.15, -0.1) is 0 Å². The molecular weight excluding hydrogens is 244 g/mol. The number of thiophene rings is 1. The van der Waals surface area contributed by atoms with Crippen LogP contribution >= 0.6 is 11.3 Å². The average Bonchev–Trinajstić information content (AvgIpc) is 3.09. The van der Waals surface area contributed by atoms with Crippen molar-refractivity contribution in [3.8, 4) is 15.5 Å². The number of furan rings is 1. The standard InChI is InChI=1S/C15H12O2S/c1-2-5-12(6-3-1)14-8-9-15(18-14)17-11-13-7-4-10-16-13/h1-10H,11H2. The molecule has 18 heavy (non-hydrogen) atoms. The molecule has 3 aromatic rings. The molecule has 3 rings (SSSR count). The summed E-state index contributed by atoms with van der Waals surface area (Å²) in [5, 5.41) is 0.908. The Morgan fingerprint density at radius 1 is 0.944 bits per heavy atom. The van der Waals surface area contributed by atoms with Gasteiger partial charge < -0.3 is 9.15 Å². The van der Waals surface area contributed by atoms with Crippen LogP contribution in [0.4, 0.5) is 0 Å². The normalized spacial score (nSPS) is 10.4. The van der Waals surface area contributed by atoms with Crippen LogP contribution in [0.5, 0.6) is 5.06 Å². The third-order valence-electron chi connectivity index (χ3n) is 2.58. The molecule has 0 bridgehead atoms. The molecule has 2 heterocycles. The summed E-state index contributed by atoms with van der Waals surface area (Å²) in [6.45, 7) is 0.474. The van der Waals surface area contributed by atoms with Crippen molar-refractivity contribution in [2.75, 3.05) is 0 Å². The van der Waals surface area contributed by atoms with E-state index in [2.05, 4.69) is 18.2 Å². The van der Waals surface area contributed by atoms with Crippen LogP contribution in [0, 0.1) is 0 Å². The quantitative estimate of drug-likeness (QED) is 0.681. The fraction of sp³-hybridized carbons (Fsp3) is 0.0667. The van der Waals surface area contributed by atoms with E-state index in [0.717, 1.165) is 10.8 Å². The highest BCUT2D eigenvalue weighted by Crippen LogP contribution is 2.33. The van der Waals surface area contributed by atoms with Gasteiger partial charge >= 0.3 is 0 Å². The van der Waals surface area contributed by atoms with Crippen molar-refractivity contribution in [2.45, 2.75) is 6.61 Å². The monoisotopic (exact) mass is 256 g/mol. The topological polar surface area (TPSA) is 22.4 Å². The van der Waals surface area contributed by atoms with E-state index in [-0.39, 0.29) is 0 Å². The zero-order valence-corrected chi connectivity index (χ0v) is 10.5. The van der Waals surface area contributed by atoms with E-state index in [0.29, 0.717) is 6.61 Å². The molecule has 90 valence electrons. The third-order valence-corrected chi connectivity index (χ3v) is 3.62. The van der Waals surface area contributed by atoms with E-state index < -0.39 is 0 Å². The smallest absolute Gasteiger partial charge is 0.175 e. The van der Waals surface area contributed by atoms with E-state index in [9.17, 15) is 0 Å². The van der Waals surface area contributed by atoms with E-state index in [1.807, 2.05) is 36.4 Å². The highest BCUT2D eigenvalue weighted by atomic mass is 32.1. The van der Waals surface area contributed by atoms with Crippen LogP contribution in [-0.4, -0.2) is 0 Å². The predicted octanol–water partition coefficient (Wildman–Crippen LogP) is 4.59. The van der Waals surface area contributed by atoms with E-state index in [1.54, 1.807) is 17.6 Å². The van der Waals surface area contributed by atoms with Crippen LogP contribution in [0.2, 0.25) is 0 Å². The van der Waals surface area contributed by atoms with Gasteiger partial charge in [0.2, 0.25) is 0 Å². The van der Waals surface area contributed by atoms with Crippen molar-refractivity contribution in [3.05, 3.63) is 66.6 Å². The fourth-order valence-corrected chi connectivity index (χ4v) is 2.55. The van der Waals surface area contributed by atoms with Gasteiger partial charge in [-0.1, -0.05) is 41.7 Å². The molecule has 2 nitrogen and oxygen atoms in total. The molecule has 0 N–H and O–H groups in total. The predicted molar refractivity (Wildman–Crippen MR) is 72.8 cm³/mol.